The quantitative estimate of drug-likeness (QED) is 0.303. The summed E-state index contributed by atoms with van der Waals surface area (Å²) in [5.41, 5.74) is 15.4. The fourth-order valence-corrected chi connectivity index (χ4v) is 1.90. The molecule has 0 aliphatic rings. The van der Waals surface area contributed by atoms with Gasteiger partial charge in [0.1, 0.15) is 5.82 Å². The molecular weight excluding hydrogens is 364 g/mol. The smallest absolute Gasteiger partial charge is 0.223 e. The van der Waals surface area contributed by atoms with Gasteiger partial charge >= 0.3 is 0 Å². The molecule has 0 aliphatic carbocycles. The number of nitrogens with zero attached hydrogens (tertiary/aromatic N) is 2. The molecule has 1 aromatic carbocycles. The van der Waals surface area contributed by atoms with E-state index < -0.39 is 11.6 Å². The predicted octanol–water partition coefficient (Wildman–Crippen LogP) is 1.71. The molecule has 0 saturated carbocycles. The van der Waals surface area contributed by atoms with Crippen LogP contribution in [0, 0.1) is 11.6 Å². The molecule has 0 spiro atoms. The highest BCUT2D eigenvalue weighted by Crippen LogP contribution is 2.34. The van der Waals surface area contributed by atoms with Gasteiger partial charge in [-0.15, -0.1) is 0 Å². The van der Waals surface area contributed by atoms with Crippen molar-refractivity contribution in [3.05, 3.63) is 26.6 Å². The van der Waals surface area contributed by atoms with Crippen molar-refractivity contribution in [1.82, 2.24) is 0 Å². The lowest BCUT2D eigenvalue weighted by Crippen LogP contribution is -2.26. The number of hydrogen-bond donors (Lipinski definition) is 3. The number of aliphatic imine (C=N–C) groups is 2. The normalized spacial score (nSPS) is 11.4. The van der Waals surface area contributed by atoms with E-state index in [2.05, 4.69) is 41.8 Å². The second-order valence-electron chi connectivity index (χ2n) is 2.83. The summed E-state index contributed by atoms with van der Waals surface area (Å²) < 4.78 is 26.3. The van der Waals surface area contributed by atoms with E-state index in [0.717, 1.165) is 6.07 Å². The Morgan fingerprint density at radius 3 is 2.24 bits per heavy atom. The van der Waals surface area contributed by atoms with Crippen LogP contribution in [0.5, 0.6) is 0 Å². The molecule has 0 aromatic heterocycles. The first kappa shape index (κ1) is 13.8. The maximum absolute atomic E-state index is 13.4. The summed E-state index contributed by atoms with van der Waals surface area (Å²) in [6.45, 7) is 0. The Morgan fingerprint density at radius 2 is 1.71 bits per heavy atom. The SMILES string of the molecule is NC(N)=NC(N)=Nc1cc(F)c(Br)c(F)c1Br. The zero-order valence-corrected chi connectivity index (χ0v) is 11.4. The number of rotatable bonds is 1. The molecule has 92 valence electrons. The predicted molar refractivity (Wildman–Crippen MR) is 68.9 cm³/mol. The summed E-state index contributed by atoms with van der Waals surface area (Å²) in [5, 5.41) is 0. The number of guanidine groups is 2. The van der Waals surface area contributed by atoms with E-state index in [-0.39, 0.29) is 26.6 Å². The molecule has 6 N–H and O–H groups in total. The Morgan fingerprint density at radius 1 is 1.12 bits per heavy atom. The molecule has 0 heterocycles. The first-order chi connectivity index (χ1) is 7.82. The monoisotopic (exact) mass is 369 g/mol. The van der Waals surface area contributed by atoms with Crippen molar-refractivity contribution in [1.29, 1.82) is 0 Å². The standard InChI is InChI=1S/C8H7Br2F2N5/c9-4-2(11)1-3(5(10)6(4)12)16-8(15)17-7(13)14/h1H,(H6,13,14,15,16,17). The Labute approximate surface area is 112 Å². The molecule has 1 rings (SSSR count). The molecule has 0 fully saturated rings. The van der Waals surface area contributed by atoms with Gasteiger partial charge in [-0.25, -0.2) is 13.8 Å². The highest BCUT2D eigenvalue weighted by atomic mass is 79.9. The van der Waals surface area contributed by atoms with E-state index in [1.165, 1.54) is 0 Å². The first-order valence-electron chi connectivity index (χ1n) is 4.09. The maximum Gasteiger partial charge on any atom is 0.223 e. The van der Waals surface area contributed by atoms with Crippen LogP contribution in [0.4, 0.5) is 14.5 Å². The van der Waals surface area contributed by atoms with Crippen LogP contribution >= 0.6 is 31.9 Å². The van der Waals surface area contributed by atoms with Crippen molar-refractivity contribution in [2.75, 3.05) is 0 Å². The molecule has 0 radical (unpaired) electrons. The molecule has 0 bridgehead atoms. The van der Waals surface area contributed by atoms with Gasteiger partial charge in [0.05, 0.1) is 14.6 Å². The van der Waals surface area contributed by atoms with Crippen LogP contribution in [0.1, 0.15) is 0 Å². The minimum absolute atomic E-state index is 0.0560. The summed E-state index contributed by atoms with van der Waals surface area (Å²) in [6, 6.07) is 0.979. The van der Waals surface area contributed by atoms with Crippen molar-refractivity contribution in [3.8, 4) is 0 Å². The second kappa shape index (κ2) is 5.41. The van der Waals surface area contributed by atoms with Gasteiger partial charge < -0.3 is 17.2 Å². The van der Waals surface area contributed by atoms with Crippen LogP contribution in [-0.4, -0.2) is 11.9 Å². The summed E-state index contributed by atoms with van der Waals surface area (Å²) >= 11 is 5.66. The Kier molecular flexibility index (Phi) is 4.40. The van der Waals surface area contributed by atoms with Crippen molar-refractivity contribution < 1.29 is 8.78 Å². The first-order valence-corrected chi connectivity index (χ1v) is 5.68. The van der Waals surface area contributed by atoms with Crippen molar-refractivity contribution in [3.63, 3.8) is 0 Å². The topological polar surface area (TPSA) is 103 Å². The van der Waals surface area contributed by atoms with Crippen molar-refractivity contribution in [2.45, 2.75) is 0 Å². The lowest BCUT2D eigenvalue weighted by atomic mass is 10.3. The van der Waals surface area contributed by atoms with E-state index in [1.807, 2.05) is 0 Å². The van der Waals surface area contributed by atoms with E-state index in [1.54, 1.807) is 0 Å². The van der Waals surface area contributed by atoms with Gasteiger partial charge in [-0.2, -0.15) is 4.99 Å². The highest BCUT2D eigenvalue weighted by Gasteiger charge is 2.14. The van der Waals surface area contributed by atoms with Crippen molar-refractivity contribution in [2.24, 2.45) is 27.2 Å². The third kappa shape index (κ3) is 3.37. The van der Waals surface area contributed by atoms with Crippen molar-refractivity contribution >= 4 is 49.5 Å². The van der Waals surface area contributed by atoms with Gasteiger partial charge in [0, 0.05) is 6.07 Å². The third-order valence-electron chi connectivity index (χ3n) is 1.56. The lowest BCUT2D eigenvalue weighted by Gasteiger charge is -2.04. The molecular formula is C8H7Br2F2N5. The van der Waals surface area contributed by atoms with Gasteiger partial charge in [-0.05, 0) is 31.9 Å². The van der Waals surface area contributed by atoms with E-state index >= 15 is 0 Å². The van der Waals surface area contributed by atoms with Crippen LogP contribution < -0.4 is 17.2 Å². The van der Waals surface area contributed by atoms with Gasteiger partial charge in [-0.3, -0.25) is 0 Å². The Balaban J connectivity index is 3.30. The molecule has 5 nitrogen and oxygen atoms in total. The molecule has 0 aliphatic heterocycles. The Bertz CT molecular complexity index is 511. The summed E-state index contributed by atoms with van der Waals surface area (Å²) in [4.78, 5) is 7.08. The summed E-state index contributed by atoms with van der Waals surface area (Å²) in [7, 11) is 0. The van der Waals surface area contributed by atoms with Crippen LogP contribution in [0.15, 0.2) is 25.0 Å². The van der Waals surface area contributed by atoms with E-state index in [9.17, 15) is 8.78 Å². The van der Waals surface area contributed by atoms with Crippen LogP contribution in [-0.2, 0) is 0 Å². The number of benzene rings is 1. The van der Waals surface area contributed by atoms with Gasteiger partial charge in [0.2, 0.25) is 5.96 Å². The average Bonchev–Trinajstić information content (AvgIpc) is 2.21. The minimum atomic E-state index is -0.832. The summed E-state index contributed by atoms with van der Waals surface area (Å²) in [6.07, 6.45) is 0. The zero-order valence-electron chi connectivity index (χ0n) is 8.22. The highest BCUT2D eigenvalue weighted by molar-refractivity contribution is 9.11. The summed E-state index contributed by atoms with van der Waals surface area (Å²) in [5.74, 6) is -2.27. The minimum Gasteiger partial charge on any atom is -0.370 e. The Hall–Kier alpha value is -1.22. The molecule has 17 heavy (non-hydrogen) atoms. The van der Waals surface area contributed by atoms with Gasteiger partial charge in [0.25, 0.3) is 0 Å². The number of nitrogens with two attached hydrogens (primary N) is 3. The molecule has 0 amide bonds. The van der Waals surface area contributed by atoms with Crippen LogP contribution in [0.25, 0.3) is 0 Å². The molecule has 0 unspecified atom stereocenters. The fourth-order valence-electron chi connectivity index (χ4n) is 0.922. The number of hydrogen-bond acceptors (Lipinski definition) is 1. The lowest BCUT2D eigenvalue weighted by molar-refractivity contribution is 0.568. The number of halogens is 4. The maximum atomic E-state index is 13.4. The van der Waals surface area contributed by atoms with Gasteiger partial charge in [-0.1, -0.05) is 0 Å². The molecule has 0 atom stereocenters. The zero-order chi connectivity index (χ0) is 13.2. The molecule has 9 heteroatoms. The van der Waals surface area contributed by atoms with E-state index in [0.29, 0.717) is 0 Å². The molecule has 1 aromatic rings. The van der Waals surface area contributed by atoms with E-state index in [4.69, 9.17) is 17.2 Å². The largest absolute Gasteiger partial charge is 0.370 e. The van der Waals surface area contributed by atoms with Crippen LogP contribution in [0.3, 0.4) is 0 Å². The van der Waals surface area contributed by atoms with Gasteiger partial charge in [0.15, 0.2) is 11.8 Å². The van der Waals surface area contributed by atoms with Crippen LogP contribution in [0.2, 0.25) is 0 Å². The fraction of sp³-hybridized carbons (Fsp3) is 0. The average molecular weight is 371 g/mol. The third-order valence-corrected chi connectivity index (χ3v) is 3.04. The second-order valence-corrected chi connectivity index (χ2v) is 4.41. The molecule has 0 saturated heterocycles.